The van der Waals surface area contributed by atoms with E-state index in [9.17, 15) is 4.79 Å². The zero-order valence-electron chi connectivity index (χ0n) is 14.4. The summed E-state index contributed by atoms with van der Waals surface area (Å²) in [5, 5.41) is 10.4. The summed E-state index contributed by atoms with van der Waals surface area (Å²) >= 11 is 0. The van der Waals surface area contributed by atoms with Crippen LogP contribution in [0.15, 0.2) is 55.1 Å². The van der Waals surface area contributed by atoms with Crippen LogP contribution in [-0.4, -0.2) is 27.2 Å². The third kappa shape index (κ3) is 3.35. The zero-order chi connectivity index (χ0) is 17.9. The number of rotatable bonds is 4. The van der Waals surface area contributed by atoms with Crippen LogP contribution in [0.25, 0.3) is 17.2 Å². The number of carbonyl (C=O) groups is 1. The van der Waals surface area contributed by atoms with Gasteiger partial charge in [-0.15, -0.1) is 0 Å². The number of benzene rings is 1. The van der Waals surface area contributed by atoms with E-state index < -0.39 is 0 Å². The molecule has 0 spiro atoms. The molecule has 130 valence electrons. The standard InChI is InChI=1S/C20H19N5O/c1-25-13-16(12-23-25)18-7-8-21-11-15(18)2-5-20(26)24-17-3-4-19-14(10-17)6-9-22-19/h2-5,7-8,10-13,22H,6,9H2,1H3,(H,24,26)/b5-2+. The van der Waals surface area contributed by atoms with Crippen molar-refractivity contribution in [2.45, 2.75) is 6.42 Å². The molecule has 6 heteroatoms. The average Bonchev–Trinajstić information content (AvgIpc) is 3.28. The molecule has 0 fully saturated rings. The predicted octanol–water partition coefficient (Wildman–Crippen LogP) is 3.10. The molecular formula is C20H19N5O. The molecule has 0 radical (unpaired) electrons. The molecule has 0 saturated heterocycles. The SMILES string of the molecule is Cn1cc(-c2ccncc2/C=C/C(=O)Nc2ccc3c(c2)CCN3)cn1. The lowest BCUT2D eigenvalue weighted by Gasteiger charge is -2.06. The van der Waals surface area contributed by atoms with E-state index in [1.54, 1.807) is 29.3 Å². The first-order chi connectivity index (χ1) is 12.7. The summed E-state index contributed by atoms with van der Waals surface area (Å²) in [5.41, 5.74) is 6.03. The number of nitrogens with zero attached hydrogens (tertiary/aromatic N) is 3. The van der Waals surface area contributed by atoms with E-state index in [0.717, 1.165) is 41.0 Å². The zero-order valence-corrected chi connectivity index (χ0v) is 14.4. The quantitative estimate of drug-likeness (QED) is 0.713. The Morgan fingerprint density at radius 3 is 3.08 bits per heavy atom. The third-order valence-electron chi connectivity index (χ3n) is 4.36. The van der Waals surface area contributed by atoms with E-state index >= 15 is 0 Å². The van der Waals surface area contributed by atoms with Crippen molar-refractivity contribution in [3.05, 3.63) is 66.3 Å². The van der Waals surface area contributed by atoms with Gasteiger partial charge in [-0.1, -0.05) is 0 Å². The fourth-order valence-corrected chi connectivity index (χ4v) is 3.09. The van der Waals surface area contributed by atoms with Crippen LogP contribution in [0.5, 0.6) is 0 Å². The Bertz CT molecular complexity index is 989. The molecule has 6 nitrogen and oxygen atoms in total. The number of amides is 1. The molecule has 0 unspecified atom stereocenters. The van der Waals surface area contributed by atoms with Gasteiger partial charge >= 0.3 is 0 Å². The summed E-state index contributed by atoms with van der Waals surface area (Å²) in [6.07, 6.45) is 11.5. The lowest BCUT2D eigenvalue weighted by Crippen LogP contribution is -2.07. The van der Waals surface area contributed by atoms with Crippen LogP contribution < -0.4 is 10.6 Å². The van der Waals surface area contributed by atoms with Gasteiger partial charge in [-0.25, -0.2) is 0 Å². The van der Waals surface area contributed by atoms with Crippen LogP contribution in [0.3, 0.4) is 0 Å². The van der Waals surface area contributed by atoms with Crippen molar-refractivity contribution in [3.63, 3.8) is 0 Å². The Morgan fingerprint density at radius 2 is 2.23 bits per heavy atom. The molecule has 3 aromatic rings. The van der Waals surface area contributed by atoms with Crippen molar-refractivity contribution >= 4 is 23.4 Å². The van der Waals surface area contributed by atoms with Crippen LogP contribution in [0, 0.1) is 0 Å². The summed E-state index contributed by atoms with van der Waals surface area (Å²) in [6.45, 7) is 0.949. The minimum absolute atomic E-state index is 0.170. The second kappa shape index (κ2) is 6.84. The summed E-state index contributed by atoms with van der Waals surface area (Å²) in [4.78, 5) is 16.4. The number of carbonyl (C=O) groups excluding carboxylic acids is 1. The molecule has 2 aromatic heterocycles. The highest BCUT2D eigenvalue weighted by atomic mass is 16.1. The summed E-state index contributed by atoms with van der Waals surface area (Å²) in [7, 11) is 1.87. The van der Waals surface area contributed by atoms with Crippen LogP contribution in [0.2, 0.25) is 0 Å². The van der Waals surface area contributed by atoms with Crippen LogP contribution in [0.4, 0.5) is 11.4 Å². The molecule has 0 aliphatic carbocycles. The summed E-state index contributed by atoms with van der Waals surface area (Å²) < 4.78 is 1.75. The van der Waals surface area contributed by atoms with Gasteiger partial charge in [0.1, 0.15) is 0 Å². The minimum Gasteiger partial charge on any atom is -0.384 e. The van der Waals surface area contributed by atoms with Gasteiger partial charge in [0.05, 0.1) is 6.20 Å². The first-order valence-corrected chi connectivity index (χ1v) is 8.48. The third-order valence-corrected chi connectivity index (χ3v) is 4.36. The largest absolute Gasteiger partial charge is 0.384 e. The number of aryl methyl sites for hydroxylation is 1. The van der Waals surface area contributed by atoms with Crippen LogP contribution in [-0.2, 0) is 18.3 Å². The van der Waals surface area contributed by atoms with Crippen molar-refractivity contribution in [3.8, 4) is 11.1 Å². The molecule has 0 bridgehead atoms. The van der Waals surface area contributed by atoms with Gasteiger partial charge in [0.15, 0.2) is 0 Å². The normalized spacial score (nSPS) is 12.8. The van der Waals surface area contributed by atoms with Crippen molar-refractivity contribution in [2.24, 2.45) is 7.05 Å². The second-order valence-electron chi connectivity index (χ2n) is 6.24. The van der Waals surface area contributed by atoms with Gasteiger partial charge in [0, 0.05) is 60.8 Å². The lowest BCUT2D eigenvalue weighted by molar-refractivity contribution is -0.111. The fourth-order valence-electron chi connectivity index (χ4n) is 3.09. The smallest absolute Gasteiger partial charge is 0.248 e. The molecule has 1 aliphatic heterocycles. The van der Waals surface area contributed by atoms with Crippen molar-refractivity contribution < 1.29 is 4.79 Å². The van der Waals surface area contributed by atoms with Gasteiger partial charge in [-0.2, -0.15) is 5.10 Å². The van der Waals surface area contributed by atoms with Crippen LogP contribution in [0.1, 0.15) is 11.1 Å². The molecule has 26 heavy (non-hydrogen) atoms. The van der Waals surface area contributed by atoms with E-state index in [-0.39, 0.29) is 5.91 Å². The molecular weight excluding hydrogens is 326 g/mol. The molecule has 1 aromatic carbocycles. The number of nitrogens with one attached hydrogen (secondary N) is 2. The number of fused-ring (bicyclic) bond motifs is 1. The summed E-state index contributed by atoms with van der Waals surface area (Å²) in [6, 6.07) is 7.85. The fraction of sp³-hybridized carbons (Fsp3) is 0.150. The van der Waals surface area contributed by atoms with E-state index in [1.165, 1.54) is 11.6 Å². The average molecular weight is 345 g/mol. The highest BCUT2D eigenvalue weighted by molar-refractivity contribution is 6.02. The highest BCUT2D eigenvalue weighted by Gasteiger charge is 2.10. The second-order valence-corrected chi connectivity index (χ2v) is 6.24. The van der Waals surface area contributed by atoms with Gasteiger partial charge in [-0.3, -0.25) is 14.5 Å². The van der Waals surface area contributed by atoms with E-state index in [1.807, 2.05) is 37.5 Å². The Labute approximate surface area is 151 Å². The Morgan fingerprint density at radius 1 is 1.31 bits per heavy atom. The van der Waals surface area contributed by atoms with Crippen molar-refractivity contribution in [1.29, 1.82) is 0 Å². The first-order valence-electron chi connectivity index (χ1n) is 8.48. The van der Waals surface area contributed by atoms with Gasteiger partial charge < -0.3 is 10.6 Å². The van der Waals surface area contributed by atoms with Crippen molar-refractivity contribution in [1.82, 2.24) is 14.8 Å². The van der Waals surface area contributed by atoms with E-state index in [2.05, 4.69) is 20.7 Å². The maximum atomic E-state index is 12.3. The minimum atomic E-state index is -0.170. The molecule has 0 saturated carbocycles. The van der Waals surface area contributed by atoms with Gasteiger partial charge in [-0.05, 0) is 47.9 Å². The van der Waals surface area contributed by atoms with Gasteiger partial charge in [0.25, 0.3) is 0 Å². The molecule has 2 N–H and O–H groups in total. The van der Waals surface area contributed by atoms with Crippen LogP contribution >= 0.6 is 0 Å². The van der Waals surface area contributed by atoms with Crippen molar-refractivity contribution in [2.75, 3.05) is 17.2 Å². The molecule has 1 aliphatic rings. The number of hydrogen-bond donors (Lipinski definition) is 2. The molecule has 1 amide bonds. The maximum absolute atomic E-state index is 12.3. The molecule has 3 heterocycles. The monoisotopic (exact) mass is 345 g/mol. The van der Waals surface area contributed by atoms with E-state index in [4.69, 9.17) is 0 Å². The Hall–Kier alpha value is -3.41. The topological polar surface area (TPSA) is 71.8 Å². The number of pyridine rings is 1. The van der Waals surface area contributed by atoms with Gasteiger partial charge in [0.2, 0.25) is 5.91 Å². The molecule has 4 rings (SSSR count). The Balaban J connectivity index is 1.50. The van der Waals surface area contributed by atoms with E-state index in [0.29, 0.717) is 0 Å². The number of hydrogen-bond acceptors (Lipinski definition) is 4. The molecule has 0 atom stereocenters. The first kappa shape index (κ1) is 16.1. The number of aromatic nitrogens is 3. The maximum Gasteiger partial charge on any atom is 0.248 e. The predicted molar refractivity (Wildman–Crippen MR) is 103 cm³/mol. The lowest BCUT2D eigenvalue weighted by atomic mass is 10.0. The Kier molecular flexibility index (Phi) is 4.23. The summed E-state index contributed by atoms with van der Waals surface area (Å²) in [5.74, 6) is -0.170. The highest BCUT2D eigenvalue weighted by Crippen LogP contribution is 2.26. The number of anilines is 2.